The topological polar surface area (TPSA) is 89.3 Å². The number of nitrogens with one attached hydrogen (secondary N) is 1. The molecule has 3 aromatic rings. The van der Waals surface area contributed by atoms with E-state index < -0.39 is 11.9 Å². The zero-order valence-corrected chi connectivity index (χ0v) is 18.1. The predicted octanol–water partition coefficient (Wildman–Crippen LogP) is 3.66. The van der Waals surface area contributed by atoms with Gasteiger partial charge >= 0.3 is 0 Å². The number of anilines is 1. The molecular formula is C23H24ClFN4O3. The van der Waals surface area contributed by atoms with E-state index in [9.17, 15) is 14.3 Å². The average Bonchev–Trinajstić information content (AvgIpc) is 2.80. The summed E-state index contributed by atoms with van der Waals surface area (Å²) in [5, 5.41) is 12.9. The second-order valence-electron chi connectivity index (χ2n) is 7.68. The molecule has 4 rings (SSSR count). The molecule has 168 valence electrons. The van der Waals surface area contributed by atoms with Gasteiger partial charge in [0.15, 0.2) is 0 Å². The van der Waals surface area contributed by atoms with Gasteiger partial charge in [0, 0.05) is 49.8 Å². The Morgan fingerprint density at radius 1 is 1.22 bits per heavy atom. The van der Waals surface area contributed by atoms with Gasteiger partial charge in [0.25, 0.3) is 5.56 Å². The van der Waals surface area contributed by atoms with Gasteiger partial charge in [0.05, 0.1) is 16.8 Å². The van der Waals surface area contributed by atoms with Crippen LogP contribution in [0.3, 0.4) is 0 Å². The highest BCUT2D eigenvalue weighted by molar-refractivity contribution is 6.30. The maximum absolute atomic E-state index is 14.0. The summed E-state index contributed by atoms with van der Waals surface area (Å²) < 4.78 is 20.8. The van der Waals surface area contributed by atoms with Crippen molar-refractivity contribution in [2.24, 2.45) is 0 Å². The maximum atomic E-state index is 14.0. The summed E-state index contributed by atoms with van der Waals surface area (Å²) in [4.78, 5) is 21.5. The monoisotopic (exact) mass is 458 g/mol. The van der Waals surface area contributed by atoms with Gasteiger partial charge < -0.3 is 19.7 Å². The van der Waals surface area contributed by atoms with Gasteiger partial charge in [-0.25, -0.2) is 14.4 Å². The second kappa shape index (κ2) is 10.2. The number of pyridine rings is 1. The third-order valence-corrected chi connectivity index (χ3v) is 5.86. The molecule has 2 N–H and O–H groups in total. The fraction of sp³-hybridized carbons (Fsp3) is 0.348. The normalized spacial score (nSPS) is 15.5. The number of nitrogens with zero attached hydrogens (tertiary/aromatic N) is 3. The van der Waals surface area contributed by atoms with E-state index in [1.54, 1.807) is 18.3 Å². The predicted molar refractivity (Wildman–Crippen MR) is 120 cm³/mol. The number of aliphatic hydroxyl groups excluding tert-OH is 1. The van der Waals surface area contributed by atoms with Crippen molar-refractivity contribution in [3.63, 3.8) is 0 Å². The van der Waals surface area contributed by atoms with Gasteiger partial charge in [-0.3, -0.25) is 4.79 Å². The summed E-state index contributed by atoms with van der Waals surface area (Å²) in [5.74, 6) is 0.128. The standard InChI is InChI=1S/C23H24ClFN4O3/c24-18-2-1-16(11-19(18)25)21(4-8-30)29-7-3-15(12-23(29)31)20-13-22(27-14-26-20)28-17-5-9-32-10-6-17/h1-3,7,11-14,17,21,30H,4-6,8-10H2,(H,26,27,28)/t21-/m1/s1. The van der Waals surface area contributed by atoms with Gasteiger partial charge in [-0.1, -0.05) is 17.7 Å². The highest BCUT2D eigenvalue weighted by Crippen LogP contribution is 2.26. The van der Waals surface area contributed by atoms with Gasteiger partial charge in [-0.2, -0.15) is 0 Å². The SMILES string of the molecule is O=c1cc(-c2cc(NC3CCOCC3)ncn2)ccn1[C@H](CCO)c1ccc(Cl)c(F)c1. The molecule has 0 radical (unpaired) electrons. The fourth-order valence-electron chi connectivity index (χ4n) is 3.86. The van der Waals surface area contributed by atoms with Crippen molar-refractivity contribution < 1.29 is 14.2 Å². The molecule has 1 aliphatic rings. The fourth-order valence-corrected chi connectivity index (χ4v) is 3.98. The van der Waals surface area contributed by atoms with Crippen LogP contribution < -0.4 is 10.9 Å². The zero-order valence-electron chi connectivity index (χ0n) is 17.4. The Morgan fingerprint density at radius 3 is 2.75 bits per heavy atom. The average molecular weight is 459 g/mol. The zero-order chi connectivity index (χ0) is 22.5. The molecule has 3 heterocycles. The highest BCUT2D eigenvalue weighted by Gasteiger charge is 2.18. The molecule has 1 fully saturated rings. The molecule has 1 atom stereocenters. The van der Waals surface area contributed by atoms with Crippen LogP contribution >= 0.6 is 11.6 Å². The van der Waals surface area contributed by atoms with Gasteiger partial charge in [-0.15, -0.1) is 0 Å². The molecule has 9 heteroatoms. The van der Waals surface area contributed by atoms with Crippen molar-refractivity contribution in [2.75, 3.05) is 25.1 Å². The lowest BCUT2D eigenvalue weighted by Gasteiger charge is -2.23. The first kappa shape index (κ1) is 22.4. The van der Waals surface area contributed by atoms with E-state index in [0.29, 0.717) is 28.7 Å². The molecule has 0 bridgehead atoms. The van der Waals surface area contributed by atoms with Crippen LogP contribution in [0.5, 0.6) is 0 Å². The first-order valence-electron chi connectivity index (χ1n) is 10.5. The summed E-state index contributed by atoms with van der Waals surface area (Å²) in [6.45, 7) is 1.29. The Kier molecular flexibility index (Phi) is 7.14. The molecule has 2 aromatic heterocycles. The summed E-state index contributed by atoms with van der Waals surface area (Å²) in [7, 11) is 0. The molecule has 0 aliphatic carbocycles. The van der Waals surface area contributed by atoms with E-state index in [-0.39, 0.29) is 23.6 Å². The number of hydrogen-bond acceptors (Lipinski definition) is 6. The largest absolute Gasteiger partial charge is 0.396 e. The Hall–Kier alpha value is -2.81. The first-order valence-corrected chi connectivity index (χ1v) is 10.9. The number of aliphatic hydroxyl groups is 1. The van der Waals surface area contributed by atoms with E-state index in [2.05, 4.69) is 15.3 Å². The molecule has 1 aliphatic heterocycles. The van der Waals surface area contributed by atoms with Gasteiger partial charge in [-0.05, 0) is 43.0 Å². The van der Waals surface area contributed by atoms with Crippen molar-refractivity contribution in [1.29, 1.82) is 0 Å². The van der Waals surface area contributed by atoms with Crippen molar-refractivity contribution >= 4 is 17.4 Å². The van der Waals surface area contributed by atoms with Crippen LogP contribution in [-0.2, 0) is 4.74 Å². The molecule has 1 saturated heterocycles. The molecule has 0 amide bonds. The van der Waals surface area contributed by atoms with Crippen LogP contribution in [0.2, 0.25) is 5.02 Å². The molecule has 0 saturated carbocycles. The lowest BCUT2D eigenvalue weighted by molar-refractivity contribution is 0.0904. The summed E-state index contributed by atoms with van der Waals surface area (Å²) in [5.41, 5.74) is 1.54. The Morgan fingerprint density at radius 2 is 2.03 bits per heavy atom. The highest BCUT2D eigenvalue weighted by atomic mass is 35.5. The van der Waals surface area contributed by atoms with E-state index in [1.807, 2.05) is 6.07 Å². The Balaban J connectivity index is 1.60. The van der Waals surface area contributed by atoms with Crippen molar-refractivity contribution in [3.05, 3.63) is 75.7 Å². The number of halogens is 2. The van der Waals surface area contributed by atoms with Crippen LogP contribution in [0, 0.1) is 5.82 Å². The van der Waals surface area contributed by atoms with Crippen LogP contribution in [-0.4, -0.2) is 45.5 Å². The van der Waals surface area contributed by atoms with Crippen LogP contribution in [0.15, 0.2) is 53.7 Å². The van der Waals surface area contributed by atoms with Crippen molar-refractivity contribution in [2.45, 2.75) is 31.3 Å². The maximum Gasteiger partial charge on any atom is 0.251 e. The minimum atomic E-state index is -0.567. The summed E-state index contributed by atoms with van der Waals surface area (Å²) in [6.07, 6.45) is 5.18. The summed E-state index contributed by atoms with van der Waals surface area (Å²) in [6, 6.07) is 9.24. The van der Waals surface area contributed by atoms with Gasteiger partial charge in [0.1, 0.15) is 18.0 Å². The number of rotatable bonds is 7. The Bertz CT molecular complexity index is 1130. The molecular weight excluding hydrogens is 435 g/mol. The van der Waals surface area contributed by atoms with Crippen LogP contribution in [0.4, 0.5) is 10.2 Å². The van der Waals surface area contributed by atoms with Gasteiger partial charge in [0.2, 0.25) is 0 Å². The number of hydrogen-bond donors (Lipinski definition) is 2. The quantitative estimate of drug-likeness (QED) is 0.561. The Labute approximate surface area is 189 Å². The van der Waals surface area contributed by atoms with E-state index >= 15 is 0 Å². The van der Waals surface area contributed by atoms with E-state index in [4.69, 9.17) is 16.3 Å². The van der Waals surface area contributed by atoms with E-state index in [0.717, 1.165) is 26.1 Å². The third kappa shape index (κ3) is 5.15. The lowest BCUT2D eigenvalue weighted by atomic mass is 10.0. The van der Waals surface area contributed by atoms with Crippen LogP contribution in [0.25, 0.3) is 11.3 Å². The molecule has 32 heavy (non-hydrogen) atoms. The lowest BCUT2D eigenvalue weighted by Crippen LogP contribution is -2.28. The number of benzene rings is 1. The first-order chi connectivity index (χ1) is 15.5. The molecule has 0 unspecified atom stereocenters. The van der Waals surface area contributed by atoms with Crippen molar-refractivity contribution in [1.82, 2.24) is 14.5 Å². The molecule has 0 spiro atoms. The van der Waals surface area contributed by atoms with Crippen LogP contribution in [0.1, 0.15) is 30.9 Å². The second-order valence-corrected chi connectivity index (χ2v) is 8.09. The third-order valence-electron chi connectivity index (χ3n) is 5.55. The van der Waals surface area contributed by atoms with Crippen molar-refractivity contribution in [3.8, 4) is 11.3 Å². The molecule has 1 aromatic carbocycles. The summed E-state index contributed by atoms with van der Waals surface area (Å²) >= 11 is 5.79. The molecule has 7 nitrogen and oxygen atoms in total. The number of ether oxygens (including phenoxy) is 1. The number of aromatic nitrogens is 3. The minimum Gasteiger partial charge on any atom is -0.396 e. The smallest absolute Gasteiger partial charge is 0.251 e. The minimum absolute atomic E-state index is 0.00752. The van der Waals surface area contributed by atoms with E-state index in [1.165, 1.54) is 29.1 Å².